The number of rotatable bonds is 2. The van der Waals surface area contributed by atoms with Crippen molar-refractivity contribution >= 4 is 49.6 Å². The summed E-state index contributed by atoms with van der Waals surface area (Å²) in [5.41, 5.74) is 2.29. The van der Waals surface area contributed by atoms with E-state index < -0.39 is 0 Å². The smallest absolute Gasteiger partial charge is 0.260 e. The van der Waals surface area contributed by atoms with E-state index in [1.54, 1.807) is 11.3 Å². The lowest BCUT2D eigenvalue weighted by Gasteiger charge is -2.09. The van der Waals surface area contributed by atoms with Crippen LogP contribution in [0.15, 0.2) is 33.5 Å². The predicted octanol–water partition coefficient (Wildman–Crippen LogP) is 4.80. The summed E-state index contributed by atoms with van der Waals surface area (Å²) in [7, 11) is 0. The molecule has 0 spiro atoms. The molecule has 0 amide bonds. The first kappa shape index (κ1) is 14.8. The average molecular weight is 387 g/mol. The largest absolute Gasteiger partial charge is 0.306 e. The van der Waals surface area contributed by atoms with Gasteiger partial charge in [0.05, 0.1) is 5.39 Å². The molecule has 2 aromatic heterocycles. The van der Waals surface area contributed by atoms with Crippen molar-refractivity contribution in [1.82, 2.24) is 9.97 Å². The highest BCUT2D eigenvalue weighted by Crippen LogP contribution is 2.33. The van der Waals surface area contributed by atoms with Gasteiger partial charge in [-0.05, 0) is 55.0 Å². The van der Waals surface area contributed by atoms with Crippen LogP contribution < -0.4 is 5.56 Å². The van der Waals surface area contributed by atoms with Crippen LogP contribution in [0, 0.1) is 0 Å². The molecule has 3 aromatic rings. The summed E-state index contributed by atoms with van der Waals surface area (Å²) >= 11 is 5.10. The van der Waals surface area contributed by atoms with Crippen LogP contribution in [0.2, 0.25) is 0 Å². The first-order valence-electron chi connectivity index (χ1n) is 7.69. The Hall–Kier alpha value is -1.72. The Morgan fingerprint density at radius 1 is 1.13 bits per heavy atom. The number of thiophene rings is 1. The Balaban J connectivity index is 1.74. The molecule has 23 heavy (non-hydrogen) atoms. The number of halogens is 1. The molecule has 1 N–H and O–H groups in total. The Kier molecular flexibility index (Phi) is 3.91. The molecule has 4 rings (SSSR count). The number of aromatic amines is 1. The minimum atomic E-state index is -0.00939. The standard InChI is InChI=1S/C18H15BrN2OS/c19-12-8-5-11(6-9-12)7-10-15-20-17(22)16-13-3-1-2-4-14(13)23-18(16)21-15/h5-10H,1-4H2,(H,20,21,22). The van der Waals surface area contributed by atoms with Gasteiger partial charge < -0.3 is 4.98 Å². The van der Waals surface area contributed by atoms with Crippen LogP contribution in [0.5, 0.6) is 0 Å². The molecule has 0 fully saturated rings. The number of hydrogen-bond donors (Lipinski definition) is 1. The van der Waals surface area contributed by atoms with Crippen molar-refractivity contribution in [1.29, 1.82) is 0 Å². The summed E-state index contributed by atoms with van der Waals surface area (Å²) in [6, 6.07) is 8.01. The second-order valence-corrected chi connectivity index (χ2v) is 7.73. The van der Waals surface area contributed by atoms with Gasteiger partial charge in [0, 0.05) is 9.35 Å². The second-order valence-electron chi connectivity index (χ2n) is 5.73. The van der Waals surface area contributed by atoms with Crippen LogP contribution in [0.4, 0.5) is 0 Å². The zero-order valence-corrected chi connectivity index (χ0v) is 14.8. The lowest BCUT2D eigenvalue weighted by atomic mass is 9.97. The van der Waals surface area contributed by atoms with Gasteiger partial charge in [0.1, 0.15) is 10.7 Å². The summed E-state index contributed by atoms with van der Waals surface area (Å²) in [5.74, 6) is 0.615. The van der Waals surface area contributed by atoms with Crippen molar-refractivity contribution in [3.8, 4) is 0 Å². The molecule has 0 atom stereocenters. The minimum Gasteiger partial charge on any atom is -0.306 e. The molecule has 2 heterocycles. The summed E-state index contributed by atoms with van der Waals surface area (Å²) in [6.45, 7) is 0. The third-order valence-corrected chi connectivity index (χ3v) is 5.86. The van der Waals surface area contributed by atoms with E-state index in [4.69, 9.17) is 0 Å². The quantitative estimate of drug-likeness (QED) is 0.687. The van der Waals surface area contributed by atoms with Gasteiger partial charge in [-0.25, -0.2) is 4.98 Å². The van der Waals surface area contributed by atoms with E-state index >= 15 is 0 Å². The van der Waals surface area contributed by atoms with Crippen molar-refractivity contribution in [2.45, 2.75) is 25.7 Å². The molecule has 0 unspecified atom stereocenters. The summed E-state index contributed by atoms with van der Waals surface area (Å²) < 4.78 is 1.05. The van der Waals surface area contributed by atoms with Crippen LogP contribution in [0.1, 0.15) is 34.7 Å². The van der Waals surface area contributed by atoms with Gasteiger partial charge in [-0.1, -0.05) is 34.1 Å². The number of nitrogens with one attached hydrogen (secondary N) is 1. The zero-order chi connectivity index (χ0) is 15.8. The fourth-order valence-electron chi connectivity index (χ4n) is 3.01. The highest BCUT2D eigenvalue weighted by molar-refractivity contribution is 9.10. The second kappa shape index (κ2) is 6.06. The normalized spacial score (nSPS) is 14.5. The minimum absolute atomic E-state index is 0.00939. The molecule has 3 nitrogen and oxygen atoms in total. The summed E-state index contributed by atoms with van der Waals surface area (Å²) in [5, 5.41) is 0.811. The molecule has 1 aromatic carbocycles. The SMILES string of the molecule is O=c1[nH]c(C=Cc2ccc(Br)cc2)nc2sc3c(c12)CCCC3. The molecular weight excluding hydrogens is 372 g/mol. The summed E-state index contributed by atoms with van der Waals surface area (Å²) in [4.78, 5) is 22.2. The van der Waals surface area contributed by atoms with Crippen LogP contribution in [-0.2, 0) is 12.8 Å². The monoisotopic (exact) mass is 386 g/mol. The Morgan fingerprint density at radius 3 is 2.74 bits per heavy atom. The van der Waals surface area contributed by atoms with E-state index in [0.29, 0.717) is 5.82 Å². The van der Waals surface area contributed by atoms with Gasteiger partial charge in [-0.2, -0.15) is 0 Å². The van der Waals surface area contributed by atoms with Crippen LogP contribution >= 0.6 is 27.3 Å². The lowest BCUT2D eigenvalue weighted by molar-refractivity contribution is 0.700. The summed E-state index contributed by atoms with van der Waals surface area (Å²) in [6.07, 6.45) is 8.30. The molecule has 1 aliphatic carbocycles. The number of nitrogens with zero attached hydrogens (tertiary/aromatic N) is 1. The van der Waals surface area contributed by atoms with Gasteiger partial charge in [-0.3, -0.25) is 4.79 Å². The highest BCUT2D eigenvalue weighted by atomic mass is 79.9. The third-order valence-electron chi connectivity index (χ3n) is 4.15. The van der Waals surface area contributed by atoms with Gasteiger partial charge in [0.15, 0.2) is 0 Å². The molecule has 0 aliphatic heterocycles. The lowest BCUT2D eigenvalue weighted by Crippen LogP contribution is -2.11. The van der Waals surface area contributed by atoms with Gasteiger partial charge >= 0.3 is 0 Å². The number of H-pyrrole nitrogens is 1. The van der Waals surface area contributed by atoms with Crippen molar-refractivity contribution < 1.29 is 0 Å². The van der Waals surface area contributed by atoms with Crippen molar-refractivity contribution in [2.75, 3.05) is 0 Å². The molecule has 116 valence electrons. The first-order valence-corrected chi connectivity index (χ1v) is 9.30. The van der Waals surface area contributed by atoms with E-state index in [1.165, 1.54) is 23.3 Å². The van der Waals surface area contributed by atoms with E-state index in [9.17, 15) is 4.79 Å². The van der Waals surface area contributed by atoms with Gasteiger partial charge in [-0.15, -0.1) is 11.3 Å². The molecule has 0 bridgehead atoms. The van der Waals surface area contributed by atoms with E-state index in [-0.39, 0.29) is 5.56 Å². The van der Waals surface area contributed by atoms with E-state index in [0.717, 1.165) is 33.1 Å². The fourth-order valence-corrected chi connectivity index (χ4v) is 4.54. The number of fused-ring (bicyclic) bond motifs is 3. The predicted molar refractivity (Wildman–Crippen MR) is 100.0 cm³/mol. The maximum absolute atomic E-state index is 12.5. The topological polar surface area (TPSA) is 45.8 Å². The van der Waals surface area contributed by atoms with Crippen molar-refractivity contribution in [2.24, 2.45) is 0 Å². The average Bonchev–Trinajstić information content (AvgIpc) is 2.93. The van der Waals surface area contributed by atoms with E-state index in [2.05, 4.69) is 25.9 Å². The number of aryl methyl sites for hydroxylation is 2. The van der Waals surface area contributed by atoms with E-state index in [1.807, 2.05) is 36.4 Å². The van der Waals surface area contributed by atoms with Gasteiger partial charge in [0.25, 0.3) is 5.56 Å². The molecule has 5 heteroatoms. The maximum Gasteiger partial charge on any atom is 0.260 e. The first-order chi connectivity index (χ1) is 11.2. The Bertz CT molecular complexity index is 954. The highest BCUT2D eigenvalue weighted by Gasteiger charge is 2.19. The van der Waals surface area contributed by atoms with Crippen molar-refractivity contribution in [3.63, 3.8) is 0 Å². The molecule has 0 saturated carbocycles. The molecule has 0 saturated heterocycles. The number of benzene rings is 1. The zero-order valence-electron chi connectivity index (χ0n) is 12.4. The fraction of sp³-hybridized carbons (Fsp3) is 0.222. The van der Waals surface area contributed by atoms with Crippen LogP contribution in [-0.4, -0.2) is 9.97 Å². The van der Waals surface area contributed by atoms with Crippen LogP contribution in [0.3, 0.4) is 0 Å². The number of aromatic nitrogens is 2. The number of hydrogen-bond acceptors (Lipinski definition) is 3. The van der Waals surface area contributed by atoms with Crippen LogP contribution in [0.25, 0.3) is 22.4 Å². The molecule has 0 radical (unpaired) electrons. The third kappa shape index (κ3) is 2.91. The molecule has 1 aliphatic rings. The molecular formula is C18H15BrN2OS. The maximum atomic E-state index is 12.5. The van der Waals surface area contributed by atoms with Crippen molar-refractivity contribution in [3.05, 3.63) is 60.9 Å². The van der Waals surface area contributed by atoms with Gasteiger partial charge in [0.2, 0.25) is 0 Å². The Labute approximate surface area is 146 Å². The Morgan fingerprint density at radius 2 is 1.91 bits per heavy atom.